The van der Waals surface area contributed by atoms with E-state index in [0.717, 1.165) is 11.1 Å². The monoisotopic (exact) mass is 393 g/mol. The SMILES string of the molecule is O=C1OC(c2ccccc2)[C@@](O)(c2ccccc2)N1CCc1ccc(Cl)cc1. The number of ether oxygens (including phenoxy) is 1. The van der Waals surface area contributed by atoms with Gasteiger partial charge in [-0.15, -0.1) is 0 Å². The van der Waals surface area contributed by atoms with E-state index in [2.05, 4.69) is 0 Å². The van der Waals surface area contributed by atoms with Crippen molar-refractivity contribution in [2.45, 2.75) is 18.2 Å². The molecule has 4 nitrogen and oxygen atoms in total. The van der Waals surface area contributed by atoms with Crippen LogP contribution in [0.15, 0.2) is 84.9 Å². The van der Waals surface area contributed by atoms with E-state index in [0.29, 0.717) is 23.6 Å². The van der Waals surface area contributed by atoms with Crippen molar-refractivity contribution in [1.82, 2.24) is 4.90 Å². The van der Waals surface area contributed by atoms with Crippen LogP contribution in [0.25, 0.3) is 0 Å². The van der Waals surface area contributed by atoms with Gasteiger partial charge >= 0.3 is 6.09 Å². The fraction of sp³-hybridized carbons (Fsp3) is 0.174. The Bertz CT molecular complexity index is 947. The molecule has 28 heavy (non-hydrogen) atoms. The quantitative estimate of drug-likeness (QED) is 0.669. The van der Waals surface area contributed by atoms with Crippen LogP contribution in [0.1, 0.15) is 22.8 Å². The third kappa shape index (κ3) is 3.37. The summed E-state index contributed by atoms with van der Waals surface area (Å²) in [5.41, 5.74) is 0.796. The molecule has 0 bridgehead atoms. The number of halogens is 1. The molecule has 3 aromatic rings. The lowest BCUT2D eigenvalue weighted by Crippen LogP contribution is -2.46. The fourth-order valence-corrected chi connectivity index (χ4v) is 3.73. The van der Waals surface area contributed by atoms with E-state index in [1.165, 1.54) is 4.90 Å². The number of rotatable bonds is 5. The van der Waals surface area contributed by atoms with Crippen molar-refractivity contribution in [2.24, 2.45) is 0 Å². The van der Waals surface area contributed by atoms with Gasteiger partial charge in [-0.1, -0.05) is 84.4 Å². The molecule has 4 rings (SSSR count). The zero-order valence-corrected chi connectivity index (χ0v) is 15.9. The van der Waals surface area contributed by atoms with E-state index in [4.69, 9.17) is 16.3 Å². The average molecular weight is 394 g/mol. The number of hydrogen-bond donors (Lipinski definition) is 1. The summed E-state index contributed by atoms with van der Waals surface area (Å²) < 4.78 is 5.65. The zero-order chi connectivity index (χ0) is 19.6. The minimum absolute atomic E-state index is 0.315. The van der Waals surface area contributed by atoms with Gasteiger partial charge in [0.05, 0.1) is 0 Å². The van der Waals surface area contributed by atoms with Gasteiger partial charge in [0.1, 0.15) is 0 Å². The van der Waals surface area contributed by atoms with E-state index in [1.807, 2.05) is 84.9 Å². The Morgan fingerprint density at radius 2 is 1.54 bits per heavy atom. The normalized spacial score (nSPS) is 21.6. The maximum Gasteiger partial charge on any atom is 0.413 e. The zero-order valence-electron chi connectivity index (χ0n) is 15.2. The standard InChI is InChI=1S/C23H20ClNO3/c24-20-13-11-17(12-14-20)15-16-25-22(26)28-21(18-7-3-1-4-8-18)23(25,27)19-9-5-2-6-10-19/h1-14,21,27H,15-16H2/t21?,23-/m0/s1. The van der Waals surface area contributed by atoms with E-state index in [-0.39, 0.29) is 0 Å². The van der Waals surface area contributed by atoms with E-state index in [9.17, 15) is 9.90 Å². The van der Waals surface area contributed by atoms with Crippen LogP contribution in [-0.2, 0) is 16.9 Å². The molecule has 0 radical (unpaired) electrons. The molecule has 1 amide bonds. The highest BCUT2D eigenvalue weighted by molar-refractivity contribution is 6.30. The van der Waals surface area contributed by atoms with Crippen LogP contribution >= 0.6 is 11.6 Å². The van der Waals surface area contributed by atoms with Crippen LogP contribution in [0.5, 0.6) is 0 Å². The van der Waals surface area contributed by atoms with Crippen LogP contribution in [0.3, 0.4) is 0 Å². The first-order chi connectivity index (χ1) is 13.6. The van der Waals surface area contributed by atoms with Gasteiger partial charge in [-0.2, -0.15) is 0 Å². The smallest absolute Gasteiger partial charge is 0.413 e. The first-order valence-corrected chi connectivity index (χ1v) is 9.52. The summed E-state index contributed by atoms with van der Waals surface area (Å²) in [4.78, 5) is 14.2. The Morgan fingerprint density at radius 1 is 0.929 bits per heavy atom. The lowest BCUT2D eigenvalue weighted by Gasteiger charge is -2.34. The molecule has 1 saturated heterocycles. The number of hydrogen-bond acceptors (Lipinski definition) is 3. The van der Waals surface area contributed by atoms with Crippen molar-refractivity contribution >= 4 is 17.7 Å². The molecule has 1 aliphatic heterocycles. The van der Waals surface area contributed by atoms with Crippen molar-refractivity contribution in [1.29, 1.82) is 0 Å². The number of benzene rings is 3. The number of aliphatic hydroxyl groups is 1. The van der Waals surface area contributed by atoms with Crippen LogP contribution in [-0.4, -0.2) is 22.6 Å². The van der Waals surface area contributed by atoms with Gasteiger partial charge in [0, 0.05) is 17.1 Å². The average Bonchev–Trinajstić information content (AvgIpc) is 3.00. The van der Waals surface area contributed by atoms with Crippen LogP contribution in [0.2, 0.25) is 5.02 Å². The first kappa shape index (κ1) is 18.5. The Balaban J connectivity index is 1.69. The van der Waals surface area contributed by atoms with E-state index < -0.39 is 17.9 Å². The number of carbonyl (C=O) groups excluding carboxylic acids is 1. The van der Waals surface area contributed by atoms with Crippen LogP contribution in [0.4, 0.5) is 4.79 Å². The maximum atomic E-state index is 12.7. The van der Waals surface area contributed by atoms with Gasteiger partial charge < -0.3 is 9.84 Å². The highest BCUT2D eigenvalue weighted by Gasteiger charge is 2.55. The Morgan fingerprint density at radius 3 is 2.18 bits per heavy atom. The van der Waals surface area contributed by atoms with Crippen molar-refractivity contribution in [3.8, 4) is 0 Å². The highest BCUT2D eigenvalue weighted by Crippen LogP contribution is 2.46. The van der Waals surface area contributed by atoms with Gasteiger partial charge in [0.2, 0.25) is 5.72 Å². The molecule has 1 heterocycles. The molecule has 5 heteroatoms. The van der Waals surface area contributed by atoms with Crippen molar-refractivity contribution < 1.29 is 14.6 Å². The van der Waals surface area contributed by atoms with Crippen molar-refractivity contribution in [2.75, 3.05) is 6.54 Å². The number of nitrogens with zero attached hydrogens (tertiary/aromatic N) is 1. The summed E-state index contributed by atoms with van der Waals surface area (Å²) in [7, 11) is 0. The molecule has 1 fully saturated rings. The Labute approximate surface area is 168 Å². The predicted octanol–water partition coefficient (Wildman–Crippen LogP) is 4.92. The predicted molar refractivity (Wildman–Crippen MR) is 108 cm³/mol. The second-order valence-electron chi connectivity index (χ2n) is 6.79. The summed E-state index contributed by atoms with van der Waals surface area (Å²) >= 11 is 5.95. The minimum atomic E-state index is -1.59. The number of amides is 1. The van der Waals surface area contributed by atoms with Gasteiger partial charge in [-0.05, 0) is 29.7 Å². The second-order valence-corrected chi connectivity index (χ2v) is 7.23. The summed E-state index contributed by atoms with van der Waals surface area (Å²) in [6, 6.07) is 26.0. The third-order valence-electron chi connectivity index (χ3n) is 5.05. The fourth-order valence-electron chi connectivity index (χ4n) is 3.60. The summed E-state index contributed by atoms with van der Waals surface area (Å²) in [5.74, 6) is 0. The number of carbonyl (C=O) groups is 1. The van der Waals surface area contributed by atoms with Crippen molar-refractivity contribution in [3.05, 3.63) is 107 Å². The first-order valence-electron chi connectivity index (χ1n) is 9.14. The van der Waals surface area contributed by atoms with Crippen LogP contribution < -0.4 is 0 Å². The second kappa shape index (κ2) is 7.66. The van der Waals surface area contributed by atoms with Gasteiger partial charge in [0.25, 0.3) is 0 Å². The molecule has 0 saturated carbocycles. The summed E-state index contributed by atoms with van der Waals surface area (Å²) in [5, 5.41) is 12.4. The van der Waals surface area contributed by atoms with Gasteiger partial charge in [-0.3, -0.25) is 4.90 Å². The highest BCUT2D eigenvalue weighted by atomic mass is 35.5. The van der Waals surface area contributed by atoms with Crippen LogP contribution in [0, 0.1) is 0 Å². The van der Waals surface area contributed by atoms with Crippen molar-refractivity contribution in [3.63, 3.8) is 0 Å². The molecule has 0 spiro atoms. The number of cyclic esters (lactones) is 1. The lowest BCUT2D eigenvalue weighted by molar-refractivity contribution is -0.109. The molecule has 0 aliphatic carbocycles. The summed E-state index contributed by atoms with van der Waals surface area (Å²) in [6.07, 6.45) is -0.772. The molecular weight excluding hydrogens is 374 g/mol. The molecule has 142 valence electrons. The van der Waals surface area contributed by atoms with E-state index >= 15 is 0 Å². The molecule has 1 unspecified atom stereocenters. The molecule has 2 atom stereocenters. The Kier molecular flexibility index (Phi) is 5.07. The lowest BCUT2D eigenvalue weighted by atomic mass is 9.91. The van der Waals surface area contributed by atoms with Gasteiger partial charge in [0.15, 0.2) is 6.10 Å². The Hall–Kier alpha value is -2.82. The third-order valence-corrected chi connectivity index (χ3v) is 5.31. The molecular formula is C23H20ClNO3. The largest absolute Gasteiger partial charge is 0.436 e. The molecule has 1 N–H and O–H groups in total. The van der Waals surface area contributed by atoms with Gasteiger partial charge in [-0.25, -0.2) is 4.79 Å². The molecule has 1 aliphatic rings. The minimum Gasteiger partial charge on any atom is -0.436 e. The molecule has 3 aromatic carbocycles. The van der Waals surface area contributed by atoms with E-state index in [1.54, 1.807) is 0 Å². The summed E-state index contributed by atoms with van der Waals surface area (Å²) in [6.45, 7) is 0.315. The topological polar surface area (TPSA) is 49.8 Å². The maximum absolute atomic E-state index is 12.7. The molecule has 0 aromatic heterocycles.